The Labute approximate surface area is 120 Å². The van der Waals surface area contributed by atoms with Gasteiger partial charge in [-0.15, -0.1) is 0 Å². The van der Waals surface area contributed by atoms with E-state index in [9.17, 15) is 14.7 Å². The number of nitrogens with zero attached hydrogens (tertiary/aromatic N) is 1. The van der Waals surface area contributed by atoms with Gasteiger partial charge in [0, 0.05) is 19.7 Å². The van der Waals surface area contributed by atoms with Crippen molar-refractivity contribution in [2.45, 2.75) is 45.6 Å². The zero-order valence-corrected chi connectivity index (χ0v) is 12.4. The van der Waals surface area contributed by atoms with Gasteiger partial charge in [-0.05, 0) is 38.5 Å². The van der Waals surface area contributed by atoms with E-state index in [0.29, 0.717) is 31.9 Å². The molecule has 1 amide bonds. The van der Waals surface area contributed by atoms with Crippen LogP contribution in [0.1, 0.15) is 39.5 Å². The van der Waals surface area contributed by atoms with E-state index < -0.39 is 11.9 Å². The van der Waals surface area contributed by atoms with Crippen LogP contribution in [0.4, 0.5) is 0 Å². The van der Waals surface area contributed by atoms with Crippen LogP contribution >= 0.6 is 0 Å². The number of piperidine rings is 1. The largest absolute Gasteiger partial charge is 0.481 e. The Kier molecular flexibility index (Phi) is 5.02. The SMILES string of the molecule is CCOC1CCCN(C(=O)C2CC(C)CC2C(=O)O)C1. The molecule has 1 heterocycles. The van der Waals surface area contributed by atoms with Crippen molar-refractivity contribution >= 4 is 11.9 Å². The molecule has 1 N–H and O–H groups in total. The van der Waals surface area contributed by atoms with Crippen LogP contribution in [0.3, 0.4) is 0 Å². The Bertz CT molecular complexity index is 369. The second kappa shape index (κ2) is 6.57. The predicted molar refractivity (Wildman–Crippen MR) is 74.2 cm³/mol. The molecule has 4 unspecified atom stereocenters. The zero-order valence-electron chi connectivity index (χ0n) is 12.4. The molecular formula is C15H25NO4. The Hall–Kier alpha value is -1.10. The lowest BCUT2D eigenvalue weighted by Crippen LogP contribution is -2.47. The Morgan fingerprint density at radius 3 is 2.65 bits per heavy atom. The quantitative estimate of drug-likeness (QED) is 0.853. The average Bonchev–Trinajstić information content (AvgIpc) is 2.81. The van der Waals surface area contributed by atoms with Crippen molar-refractivity contribution in [3.05, 3.63) is 0 Å². The minimum atomic E-state index is -0.828. The van der Waals surface area contributed by atoms with Gasteiger partial charge in [0.05, 0.1) is 17.9 Å². The van der Waals surface area contributed by atoms with Gasteiger partial charge >= 0.3 is 5.97 Å². The van der Waals surface area contributed by atoms with Gasteiger partial charge in [0.15, 0.2) is 0 Å². The molecule has 0 aromatic rings. The molecule has 0 bridgehead atoms. The number of carboxylic acids is 1. The van der Waals surface area contributed by atoms with Gasteiger partial charge in [-0.1, -0.05) is 6.92 Å². The molecule has 1 aliphatic heterocycles. The lowest BCUT2D eigenvalue weighted by Gasteiger charge is -2.34. The first-order chi connectivity index (χ1) is 9.52. The molecule has 0 aromatic heterocycles. The van der Waals surface area contributed by atoms with Crippen molar-refractivity contribution in [3.63, 3.8) is 0 Å². The molecule has 1 aliphatic carbocycles. The molecule has 0 spiro atoms. The van der Waals surface area contributed by atoms with Gasteiger partial charge in [0.1, 0.15) is 0 Å². The smallest absolute Gasteiger partial charge is 0.307 e. The summed E-state index contributed by atoms with van der Waals surface area (Å²) in [6.07, 6.45) is 3.36. The third kappa shape index (κ3) is 3.32. The maximum Gasteiger partial charge on any atom is 0.307 e. The molecule has 1 saturated carbocycles. The van der Waals surface area contributed by atoms with Gasteiger partial charge in [0.25, 0.3) is 0 Å². The van der Waals surface area contributed by atoms with Crippen LogP contribution in [0.2, 0.25) is 0 Å². The Morgan fingerprint density at radius 1 is 1.30 bits per heavy atom. The lowest BCUT2D eigenvalue weighted by atomic mass is 9.93. The number of ether oxygens (including phenoxy) is 1. The maximum absolute atomic E-state index is 12.6. The summed E-state index contributed by atoms with van der Waals surface area (Å²) in [7, 11) is 0. The number of carbonyl (C=O) groups excluding carboxylic acids is 1. The van der Waals surface area contributed by atoms with Gasteiger partial charge in [0.2, 0.25) is 5.91 Å². The monoisotopic (exact) mass is 283 g/mol. The molecular weight excluding hydrogens is 258 g/mol. The van der Waals surface area contributed by atoms with Crippen LogP contribution in [-0.4, -0.2) is 47.7 Å². The summed E-state index contributed by atoms with van der Waals surface area (Å²) >= 11 is 0. The van der Waals surface area contributed by atoms with Crippen LogP contribution < -0.4 is 0 Å². The van der Waals surface area contributed by atoms with Crippen molar-refractivity contribution in [2.75, 3.05) is 19.7 Å². The van der Waals surface area contributed by atoms with Crippen molar-refractivity contribution in [1.82, 2.24) is 4.90 Å². The highest BCUT2D eigenvalue weighted by atomic mass is 16.5. The van der Waals surface area contributed by atoms with Gasteiger partial charge < -0.3 is 14.7 Å². The van der Waals surface area contributed by atoms with Gasteiger partial charge in [-0.25, -0.2) is 0 Å². The summed E-state index contributed by atoms with van der Waals surface area (Å²) in [5, 5.41) is 9.29. The van der Waals surface area contributed by atoms with Crippen LogP contribution in [-0.2, 0) is 14.3 Å². The zero-order chi connectivity index (χ0) is 14.7. The molecule has 2 fully saturated rings. The summed E-state index contributed by atoms with van der Waals surface area (Å²) in [6, 6.07) is 0. The number of carbonyl (C=O) groups is 2. The van der Waals surface area contributed by atoms with Crippen molar-refractivity contribution in [3.8, 4) is 0 Å². The summed E-state index contributed by atoms with van der Waals surface area (Å²) in [6.45, 7) is 6.00. The third-order valence-corrected chi connectivity index (χ3v) is 4.52. The Balaban J connectivity index is 2.00. The van der Waals surface area contributed by atoms with Gasteiger partial charge in [-0.2, -0.15) is 0 Å². The first-order valence-electron chi connectivity index (χ1n) is 7.66. The second-order valence-electron chi connectivity index (χ2n) is 6.13. The average molecular weight is 283 g/mol. The molecule has 20 heavy (non-hydrogen) atoms. The summed E-state index contributed by atoms with van der Waals surface area (Å²) < 4.78 is 5.61. The molecule has 2 rings (SSSR count). The summed E-state index contributed by atoms with van der Waals surface area (Å²) in [5.74, 6) is -1.34. The molecule has 1 saturated heterocycles. The predicted octanol–water partition coefficient (Wildman–Crippen LogP) is 1.76. The van der Waals surface area contributed by atoms with Crippen LogP contribution in [0.5, 0.6) is 0 Å². The highest BCUT2D eigenvalue weighted by Gasteiger charge is 2.43. The number of amides is 1. The number of rotatable bonds is 4. The fourth-order valence-electron chi connectivity index (χ4n) is 3.58. The summed E-state index contributed by atoms with van der Waals surface area (Å²) in [4.78, 5) is 25.8. The second-order valence-corrected chi connectivity index (χ2v) is 6.13. The van der Waals surface area contributed by atoms with Crippen molar-refractivity contribution in [2.24, 2.45) is 17.8 Å². The van der Waals surface area contributed by atoms with Crippen LogP contribution in [0, 0.1) is 17.8 Å². The number of likely N-dealkylation sites (tertiary alicyclic amines) is 1. The van der Waals surface area contributed by atoms with E-state index in [2.05, 4.69) is 0 Å². The highest BCUT2D eigenvalue weighted by molar-refractivity contribution is 5.85. The molecule has 0 radical (unpaired) electrons. The first kappa shape index (κ1) is 15.3. The fraction of sp³-hybridized carbons (Fsp3) is 0.867. The third-order valence-electron chi connectivity index (χ3n) is 4.52. The molecule has 2 aliphatic rings. The topological polar surface area (TPSA) is 66.8 Å². The number of hydrogen-bond acceptors (Lipinski definition) is 3. The molecule has 0 aromatic carbocycles. The molecule has 4 atom stereocenters. The van der Waals surface area contributed by atoms with E-state index in [4.69, 9.17) is 4.74 Å². The molecule has 5 heteroatoms. The summed E-state index contributed by atoms with van der Waals surface area (Å²) in [5.41, 5.74) is 0. The highest BCUT2D eigenvalue weighted by Crippen LogP contribution is 2.38. The Morgan fingerprint density at radius 2 is 2.00 bits per heavy atom. The van der Waals surface area contributed by atoms with Crippen LogP contribution in [0.25, 0.3) is 0 Å². The van der Waals surface area contributed by atoms with Gasteiger partial charge in [-0.3, -0.25) is 9.59 Å². The van der Waals surface area contributed by atoms with Crippen molar-refractivity contribution < 1.29 is 19.4 Å². The van der Waals surface area contributed by atoms with E-state index in [1.54, 1.807) is 0 Å². The van der Waals surface area contributed by atoms with E-state index in [1.807, 2.05) is 18.7 Å². The first-order valence-corrected chi connectivity index (χ1v) is 7.66. The minimum absolute atomic E-state index is 0.0196. The standard InChI is InChI=1S/C15H25NO4/c1-3-20-11-5-4-6-16(9-11)14(17)12-7-10(2)8-13(12)15(18)19/h10-13H,3-9H2,1-2H3,(H,18,19). The number of carboxylic acid groups (broad SMARTS) is 1. The fourth-order valence-corrected chi connectivity index (χ4v) is 3.58. The van der Waals surface area contributed by atoms with Crippen molar-refractivity contribution in [1.29, 1.82) is 0 Å². The molecule has 5 nitrogen and oxygen atoms in total. The normalized spacial score (nSPS) is 34.2. The maximum atomic E-state index is 12.6. The number of hydrogen-bond donors (Lipinski definition) is 1. The lowest BCUT2D eigenvalue weighted by molar-refractivity contribution is -0.150. The van der Waals surface area contributed by atoms with E-state index in [1.165, 1.54) is 0 Å². The van der Waals surface area contributed by atoms with Crippen LogP contribution in [0.15, 0.2) is 0 Å². The minimum Gasteiger partial charge on any atom is -0.481 e. The van der Waals surface area contributed by atoms with E-state index in [0.717, 1.165) is 19.4 Å². The van der Waals surface area contributed by atoms with E-state index >= 15 is 0 Å². The molecule has 114 valence electrons. The van der Waals surface area contributed by atoms with E-state index in [-0.39, 0.29) is 17.9 Å². The number of aliphatic carboxylic acids is 1.